The van der Waals surface area contributed by atoms with Crippen molar-refractivity contribution in [1.82, 2.24) is 10.3 Å². The van der Waals surface area contributed by atoms with Crippen molar-refractivity contribution >= 4 is 22.4 Å². The zero-order chi connectivity index (χ0) is 12.0. The molecule has 0 fully saturated rings. The van der Waals surface area contributed by atoms with Gasteiger partial charge in [-0.3, -0.25) is 19.8 Å². The van der Waals surface area contributed by atoms with Crippen LogP contribution in [0.2, 0.25) is 0 Å². The predicted octanol–water partition coefficient (Wildman–Crippen LogP) is -0.524. The van der Waals surface area contributed by atoms with E-state index in [9.17, 15) is 9.00 Å². The number of aromatic nitrogens is 1. The number of anilines is 1. The molecular formula is C9H14N4O2S. The van der Waals surface area contributed by atoms with E-state index in [2.05, 4.69) is 15.7 Å². The number of nitrogens with two attached hydrogens (primary N) is 1. The number of hydrogen-bond donors (Lipinski definition) is 3. The molecule has 0 aliphatic heterocycles. The Morgan fingerprint density at radius 1 is 1.62 bits per heavy atom. The van der Waals surface area contributed by atoms with Gasteiger partial charge in [0.1, 0.15) is 0 Å². The molecule has 0 bridgehead atoms. The maximum atomic E-state index is 11.7. The Labute approximate surface area is 96.1 Å². The van der Waals surface area contributed by atoms with Crippen LogP contribution >= 0.6 is 0 Å². The van der Waals surface area contributed by atoms with Gasteiger partial charge in [-0.1, -0.05) is 0 Å². The summed E-state index contributed by atoms with van der Waals surface area (Å²) in [5, 5.41) is 2.64. The third kappa shape index (κ3) is 3.59. The van der Waals surface area contributed by atoms with Gasteiger partial charge in [-0.2, -0.15) is 0 Å². The lowest BCUT2D eigenvalue weighted by Crippen LogP contribution is -2.28. The summed E-state index contributed by atoms with van der Waals surface area (Å²) in [6.45, 7) is 0.362. The number of nitrogen functional groups attached to an aromatic ring is 1. The molecule has 0 saturated carbocycles. The first kappa shape index (κ1) is 12.6. The van der Waals surface area contributed by atoms with Gasteiger partial charge in [0.25, 0.3) is 5.91 Å². The molecule has 1 rings (SSSR count). The van der Waals surface area contributed by atoms with E-state index >= 15 is 0 Å². The van der Waals surface area contributed by atoms with Crippen LogP contribution in [0.1, 0.15) is 10.4 Å². The largest absolute Gasteiger partial charge is 0.351 e. The SMILES string of the molecule is CS(=O)CCNC(=O)c1cnccc1NN. The Morgan fingerprint density at radius 3 is 3.00 bits per heavy atom. The second-order valence-electron chi connectivity index (χ2n) is 3.10. The third-order valence-corrected chi connectivity index (χ3v) is 2.68. The van der Waals surface area contributed by atoms with Crippen LogP contribution in [0.15, 0.2) is 18.5 Å². The molecule has 0 saturated heterocycles. The van der Waals surface area contributed by atoms with E-state index in [0.29, 0.717) is 23.5 Å². The lowest BCUT2D eigenvalue weighted by atomic mass is 10.2. The second-order valence-corrected chi connectivity index (χ2v) is 4.65. The molecule has 0 spiro atoms. The number of hydrazine groups is 1. The maximum Gasteiger partial charge on any atom is 0.255 e. The van der Waals surface area contributed by atoms with Crippen molar-refractivity contribution in [2.24, 2.45) is 5.84 Å². The molecule has 88 valence electrons. The Morgan fingerprint density at radius 2 is 2.38 bits per heavy atom. The number of hydrogen-bond acceptors (Lipinski definition) is 5. The Bertz CT molecular complexity index is 397. The first-order valence-corrected chi connectivity index (χ1v) is 6.36. The van der Waals surface area contributed by atoms with E-state index in [-0.39, 0.29) is 5.91 Å². The highest BCUT2D eigenvalue weighted by Crippen LogP contribution is 2.10. The summed E-state index contributed by atoms with van der Waals surface area (Å²) < 4.78 is 10.8. The van der Waals surface area contributed by atoms with Crippen LogP contribution in [0.3, 0.4) is 0 Å². The first-order valence-electron chi connectivity index (χ1n) is 4.64. The molecule has 0 aliphatic rings. The summed E-state index contributed by atoms with van der Waals surface area (Å²) >= 11 is 0. The summed E-state index contributed by atoms with van der Waals surface area (Å²) in [6.07, 6.45) is 4.55. The normalized spacial score (nSPS) is 11.9. The fraction of sp³-hybridized carbons (Fsp3) is 0.333. The molecule has 1 atom stereocenters. The lowest BCUT2D eigenvalue weighted by Gasteiger charge is -2.08. The van der Waals surface area contributed by atoms with E-state index in [0.717, 1.165) is 0 Å². The Balaban J connectivity index is 2.62. The number of carbonyl (C=O) groups is 1. The first-order chi connectivity index (χ1) is 7.65. The van der Waals surface area contributed by atoms with Gasteiger partial charge in [-0.05, 0) is 6.07 Å². The van der Waals surface area contributed by atoms with Gasteiger partial charge in [0.2, 0.25) is 0 Å². The molecule has 16 heavy (non-hydrogen) atoms. The van der Waals surface area contributed by atoms with Crippen molar-refractivity contribution in [3.05, 3.63) is 24.0 Å². The van der Waals surface area contributed by atoms with Gasteiger partial charge in [-0.15, -0.1) is 0 Å². The highest BCUT2D eigenvalue weighted by atomic mass is 32.2. The van der Waals surface area contributed by atoms with Crippen molar-refractivity contribution in [3.8, 4) is 0 Å². The van der Waals surface area contributed by atoms with Crippen molar-refractivity contribution in [2.45, 2.75) is 0 Å². The second kappa shape index (κ2) is 6.19. The molecule has 1 aromatic rings. The minimum absolute atomic E-state index is 0.286. The molecule has 6 nitrogen and oxygen atoms in total. The third-order valence-electron chi connectivity index (χ3n) is 1.90. The van der Waals surface area contributed by atoms with Crippen molar-refractivity contribution in [1.29, 1.82) is 0 Å². The van der Waals surface area contributed by atoms with Gasteiger partial charge in [0.15, 0.2) is 0 Å². The number of nitrogens with zero attached hydrogens (tertiary/aromatic N) is 1. The fourth-order valence-electron chi connectivity index (χ4n) is 1.10. The zero-order valence-electron chi connectivity index (χ0n) is 8.90. The quantitative estimate of drug-likeness (QED) is 0.476. The number of nitrogens with one attached hydrogen (secondary N) is 2. The van der Waals surface area contributed by atoms with Crippen molar-refractivity contribution in [2.75, 3.05) is 24.0 Å². The van der Waals surface area contributed by atoms with E-state index in [1.807, 2.05) is 0 Å². The van der Waals surface area contributed by atoms with E-state index < -0.39 is 10.8 Å². The lowest BCUT2D eigenvalue weighted by molar-refractivity contribution is 0.0956. The van der Waals surface area contributed by atoms with Gasteiger partial charge in [-0.25, -0.2) is 0 Å². The van der Waals surface area contributed by atoms with Crippen LogP contribution in [0.5, 0.6) is 0 Å². The monoisotopic (exact) mass is 242 g/mol. The number of pyridine rings is 1. The molecule has 1 aromatic heterocycles. The molecule has 7 heteroatoms. The topological polar surface area (TPSA) is 97.1 Å². The molecule has 1 amide bonds. The summed E-state index contributed by atoms with van der Waals surface area (Å²) in [7, 11) is -0.916. The highest BCUT2D eigenvalue weighted by Gasteiger charge is 2.09. The summed E-state index contributed by atoms with van der Waals surface area (Å²) in [5.74, 6) is 5.40. The van der Waals surface area contributed by atoms with Crippen LogP contribution in [-0.4, -0.2) is 33.7 Å². The smallest absolute Gasteiger partial charge is 0.255 e. The summed E-state index contributed by atoms with van der Waals surface area (Å²) in [5.41, 5.74) is 3.29. The summed E-state index contributed by atoms with van der Waals surface area (Å²) in [4.78, 5) is 15.5. The van der Waals surface area contributed by atoms with Crippen LogP contribution < -0.4 is 16.6 Å². The average molecular weight is 242 g/mol. The maximum absolute atomic E-state index is 11.7. The molecule has 0 radical (unpaired) electrons. The zero-order valence-corrected chi connectivity index (χ0v) is 9.71. The molecule has 0 aliphatic carbocycles. The predicted molar refractivity (Wildman–Crippen MR) is 63.3 cm³/mol. The van der Waals surface area contributed by atoms with E-state index in [4.69, 9.17) is 5.84 Å². The number of amides is 1. The molecule has 0 aromatic carbocycles. The Hall–Kier alpha value is -1.47. The number of carbonyl (C=O) groups excluding carboxylic acids is 1. The molecule has 1 heterocycles. The van der Waals surface area contributed by atoms with Gasteiger partial charge >= 0.3 is 0 Å². The highest BCUT2D eigenvalue weighted by molar-refractivity contribution is 7.84. The molecule has 1 unspecified atom stereocenters. The van der Waals surface area contributed by atoms with E-state index in [1.165, 1.54) is 12.4 Å². The average Bonchev–Trinajstić information content (AvgIpc) is 2.28. The van der Waals surface area contributed by atoms with Gasteiger partial charge in [0, 0.05) is 41.7 Å². The van der Waals surface area contributed by atoms with Gasteiger partial charge < -0.3 is 10.7 Å². The fourth-order valence-corrected chi connectivity index (χ4v) is 1.49. The summed E-state index contributed by atoms with van der Waals surface area (Å²) in [6, 6.07) is 1.60. The van der Waals surface area contributed by atoms with Crippen LogP contribution in [0.4, 0.5) is 5.69 Å². The van der Waals surface area contributed by atoms with Crippen LogP contribution in [0.25, 0.3) is 0 Å². The minimum atomic E-state index is -0.916. The standard InChI is InChI=1S/C9H14N4O2S/c1-16(15)5-4-12-9(14)7-6-11-3-2-8(7)13-10/h2-3,6H,4-5,10H2,1H3,(H,11,13)(H,12,14). The van der Waals surface area contributed by atoms with Gasteiger partial charge in [0.05, 0.1) is 11.3 Å². The molecule has 4 N–H and O–H groups in total. The van der Waals surface area contributed by atoms with Crippen molar-refractivity contribution < 1.29 is 9.00 Å². The van der Waals surface area contributed by atoms with Crippen LogP contribution in [0, 0.1) is 0 Å². The molecular weight excluding hydrogens is 228 g/mol. The van der Waals surface area contributed by atoms with Crippen LogP contribution in [-0.2, 0) is 10.8 Å². The Kier molecular flexibility index (Phi) is 4.87. The number of rotatable bonds is 5. The minimum Gasteiger partial charge on any atom is -0.351 e. The van der Waals surface area contributed by atoms with Crippen molar-refractivity contribution in [3.63, 3.8) is 0 Å². The van der Waals surface area contributed by atoms with E-state index in [1.54, 1.807) is 12.3 Å².